The van der Waals surface area contributed by atoms with Gasteiger partial charge in [0.25, 0.3) is 0 Å². The third-order valence-electron chi connectivity index (χ3n) is 3.14. The molecule has 0 aromatic carbocycles. The Morgan fingerprint density at radius 3 is 2.48 bits per heavy atom. The summed E-state index contributed by atoms with van der Waals surface area (Å²) in [5.41, 5.74) is -0.950. The zero-order valence-electron chi connectivity index (χ0n) is 10.7. The highest BCUT2D eigenvalue weighted by molar-refractivity contribution is 5.65. The first-order chi connectivity index (χ1) is 9.77. The molecular formula is C11H13F3N4O3. The Labute approximate surface area is 117 Å². The number of aliphatic hydroxyl groups is 1. The van der Waals surface area contributed by atoms with E-state index in [4.69, 9.17) is 5.11 Å². The lowest BCUT2D eigenvalue weighted by molar-refractivity contribution is -0.138. The Morgan fingerprint density at radius 1 is 1.38 bits per heavy atom. The highest BCUT2D eigenvalue weighted by Gasteiger charge is 2.33. The number of alkyl halides is 3. The van der Waals surface area contributed by atoms with Crippen LogP contribution in [0.2, 0.25) is 0 Å². The van der Waals surface area contributed by atoms with Crippen LogP contribution < -0.4 is 10.2 Å². The molecule has 1 amide bonds. The van der Waals surface area contributed by atoms with Gasteiger partial charge in [-0.05, 0) is 6.42 Å². The quantitative estimate of drug-likeness (QED) is 0.744. The molecule has 2 atom stereocenters. The van der Waals surface area contributed by atoms with Crippen molar-refractivity contribution >= 4 is 12.0 Å². The van der Waals surface area contributed by atoms with Gasteiger partial charge >= 0.3 is 12.3 Å². The summed E-state index contributed by atoms with van der Waals surface area (Å²) < 4.78 is 37.2. The molecule has 1 fully saturated rings. The number of hydrogen-bond acceptors (Lipinski definition) is 5. The fraction of sp³-hybridized carbons (Fsp3) is 0.545. The van der Waals surface area contributed by atoms with Crippen LogP contribution in [0.1, 0.15) is 12.0 Å². The standard InChI is InChI=1S/C11H13F3N4O3/c12-11(13,14)6-3-15-9(16-4-6)18-2-1-7(8(19)5-18)17-10(20)21/h3-4,7-8,17,19H,1-2,5H2,(H,20,21)/t7-,8-/m0/s1. The lowest BCUT2D eigenvalue weighted by atomic mass is 10.0. The second kappa shape index (κ2) is 5.72. The molecule has 0 unspecified atom stereocenters. The molecule has 0 aliphatic carbocycles. The molecule has 1 aromatic rings. The zero-order valence-corrected chi connectivity index (χ0v) is 10.7. The Balaban J connectivity index is 2.02. The van der Waals surface area contributed by atoms with E-state index in [1.165, 1.54) is 4.90 Å². The number of carboxylic acid groups (broad SMARTS) is 1. The summed E-state index contributed by atoms with van der Waals surface area (Å²) >= 11 is 0. The van der Waals surface area contributed by atoms with Crippen molar-refractivity contribution in [2.24, 2.45) is 0 Å². The normalized spacial score (nSPS) is 23.0. The predicted octanol–water partition coefficient (Wildman–Crippen LogP) is 0.703. The molecule has 1 aromatic heterocycles. The maximum Gasteiger partial charge on any atom is 0.419 e. The van der Waals surface area contributed by atoms with Gasteiger partial charge in [-0.1, -0.05) is 0 Å². The lowest BCUT2D eigenvalue weighted by Gasteiger charge is -2.35. The summed E-state index contributed by atoms with van der Waals surface area (Å²) in [7, 11) is 0. The molecule has 1 saturated heterocycles. The van der Waals surface area contributed by atoms with Crippen molar-refractivity contribution in [1.82, 2.24) is 15.3 Å². The first kappa shape index (κ1) is 15.3. The lowest BCUT2D eigenvalue weighted by Crippen LogP contribution is -2.54. The Morgan fingerprint density at radius 2 is 2.00 bits per heavy atom. The van der Waals surface area contributed by atoms with Gasteiger partial charge < -0.3 is 20.4 Å². The Kier molecular flexibility index (Phi) is 4.16. The molecule has 2 heterocycles. The first-order valence-corrected chi connectivity index (χ1v) is 6.09. The van der Waals surface area contributed by atoms with E-state index in [0.717, 1.165) is 0 Å². The van der Waals surface area contributed by atoms with E-state index in [0.29, 0.717) is 25.4 Å². The average molecular weight is 306 g/mol. The molecule has 116 valence electrons. The van der Waals surface area contributed by atoms with Crippen LogP contribution in [0.3, 0.4) is 0 Å². The molecule has 21 heavy (non-hydrogen) atoms. The van der Waals surface area contributed by atoms with Gasteiger partial charge in [0.1, 0.15) is 0 Å². The van der Waals surface area contributed by atoms with Gasteiger partial charge in [-0.15, -0.1) is 0 Å². The minimum atomic E-state index is -4.50. The van der Waals surface area contributed by atoms with Crippen LogP contribution in [-0.4, -0.2) is 51.5 Å². The number of rotatable bonds is 2. The number of nitrogens with one attached hydrogen (secondary N) is 1. The van der Waals surface area contributed by atoms with Crippen LogP contribution in [0.4, 0.5) is 23.9 Å². The third kappa shape index (κ3) is 3.72. The van der Waals surface area contributed by atoms with Gasteiger partial charge in [-0.3, -0.25) is 0 Å². The molecule has 7 nitrogen and oxygen atoms in total. The molecule has 0 bridgehead atoms. The summed E-state index contributed by atoms with van der Waals surface area (Å²) in [6, 6.07) is -0.617. The number of carbonyl (C=O) groups is 1. The second-order valence-electron chi connectivity index (χ2n) is 4.63. The SMILES string of the molecule is O=C(O)N[C@H]1CCN(c2ncc(C(F)(F)F)cn2)C[C@@H]1O. The third-order valence-corrected chi connectivity index (χ3v) is 3.14. The number of aromatic nitrogens is 2. The van der Waals surface area contributed by atoms with Crippen LogP contribution in [0, 0.1) is 0 Å². The van der Waals surface area contributed by atoms with Crippen LogP contribution in [0.25, 0.3) is 0 Å². The number of halogens is 3. The van der Waals surface area contributed by atoms with Crippen molar-refractivity contribution in [2.45, 2.75) is 24.7 Å². The number of anilines is 1. The highest BCUT2D eigenvalue weighted by atomic mass is 19.4. The average Bonchev–Trinajstić information content (AvgIpc) is 2.40. The van der Waals surface area contributed by atoms with Gasteiger partial charge in [-0.2, -0.15) is 13.2 Å². The maximum atomic E-state index is 12.4. The molecule has 3 N–H and O–H groups in total. The molecular weight excluding hydrogens is 293 g/mol. The summed E-state index contributed by atoms with van der Waals surface area (Å²) in [4.78, 5) is 19.3. The summed E-state index contributed by atoms with van der Waals surface area (Å²) in [5, 5.41) is 20.6. The fourth-order valence-corrected chi connectivity index (χ4v) is 2.07. The number of β-amino-alcohol motifs (C(OH)–C–C–N with tert-alkyl or cyclic N) is 1. The van der Waals surface area contributed by atoms with Gasteiger partial charge in [0.05, 0.1) is 17.7 Å². The monoisotopic (exact) mass is 306 g/mol. The molecule has 1 aliphatic heterocycles. The predicted molar refractivity (Wildman–Crippen MR) is 64.8 cm³/mol. The van der Waals surface area contributed by atoms with Crippen molar-refractivity contribution in [3.63, 3.8) is 0 Å². The van der Waals surface area contributed by atoms with Crippen LogP contribution in [0.5, 0.6) is 0 Å². The van der Waals surface area contributed by atoms with Gasteiger partial charge in [0, 0.05) is 25.5 Å². The summed E-state index contributed by atoms with van der Waals surface area (Å²) in [6.45, 7) is 0.365. The van der Waals surface area contributed by atoms with Crippen molar-refractivity contribution in [2.75, 3.05) is 18.0 Å². The van der Waals surface area contributed by atoms with Crippen molar-refractivity contribution in [1.29, 1.82) is 0 Å². The topological polar surface area (TPSA) is 98.6 Å². The highest BCUT2D eigenvalue weighted by Crippen LogP contribution is 2.28. The first-order valence-electron chi connectivity index (χ1n) is 6.09. The van der Waals surface area contributed by atoms with E-state index in [2.05, 4.69) is 15.3 Å². The molecule has 0 saturated carbocycles. The summed E-state index contributed by atoms with van der Waals surface area (Å²) in [6.07, 6.45) is -5.07. The number of aliphatic hydroxyl groups excluding tert-OH is 1. The summed E-state index contributed by atoms with van der Waals surface area (Å²) in [5.74, 6) is 0.0656. The Bertz CT molecular complexity index is 508. The van der Waals surface area contributed by atoms with E-state index >= 15 is 0 Å². The zero-order chi connectivity index (χ0) is 15.6. The number of piperidine rings is 1. The minimum Gasteiger partial charge on any atom is -0.465 e. The van der Waals surface area contributed by atoms with Crippen LogP contribution >= 0.6 is 0 Å². The second-order valence-corrected chi connectivity index (χ2v) is 4.63. The number of nitrogens with zero attached hydrogens (tertiary/aromatic N) is 3. The van der Waals surface area contributed by atoms with Gasteiger partial charge in [0.2, 0.25) is 5.95 Å². The van der Waals surface area contributed by atoms with E-state index in [1.807, 2.05) is 0 Å². The van der Waals surface area contributed by atoms with Gasteiger partial charge in [-0.25, -0.2) is 14.8 Å². The van der Waals surface area contributed by atoms with Crippen molar-refractivity contribution in [3.05, 3.63) is 18.0 Å². The Hall–Kier alpha value is -2.10. The van der Waals surface area contributed by atoms with E-state index in [9.17, 15) is 23.1 Å². The van der Waals surface area contributed by atoms with E-state index in [1.54, 1.807) is 0 Å². The molecule has 0 spiro atoms. The molecule has 0 radical (unpaired) electrons. The van der Waals surface area contributed by atoms with Crippen molar-refractivity contribution < 1.29 is 28.2 Å². The largest absolute Gasteiger partial charge is 0.465 e. The van der Waals surface area contributed by atoms with Crippen LogP contribution in [0.15, 0.2) is 12.4 Å². The molecule has 1 aliphatic rings. The number of hydrogen-bond donors (Lipinski definition) is 3. The minimum absolute atomic E-state index is 0.0380. The fourth-order valence-electron chi connectivity index (χ4n) is 2.07. The molecule has 10 heteroatoms. The van der Waals surface area contributed by atoms with Crippen LogP contribution in [-0.2, 0) is 6.18 Å². The number of amides is 1. The van der Waals surface area contributed by atoms with Crippen molar-refractivity contribution in [3.8, 4) is 0 Å². The maximum absolute atomic E-state index is 12.4. The smallest absolute Gasteiger partial charge is 0.419 e. The van der Waals surface area contributed by atoms with E-state index in [-0.39, 0.29) is 12.5 Å². The van der Waals surface area contributed by atoms with Gasteiger partial charge in [0.15, 0.2) is 0 Å². The van der Waals surface area contributed by atoms with E-state index < -0.39 is 30.0 Å². The molecule has 2 rings (SSSR count).